The molecule has 3 amide bonds. The first kappa shape index (κ1) is 15.0. The van der Waals surface area contributed by atoms with Crippen molar-refractivity contribution in [3.63, 3.8) is 0 Å². The summed E-state index contributed by atoms with van der Waals surface area (Å²) in [5, 5.41) is 13.4. The second-order valence-electron chi connectivity index (χ2n) is 3.51. The first-order valence-corrected chi connectivity index (χ1v) is 5.56. The Morgan fingerprint density at radius 2 is 2.06 bits per heavy atom. The molecule has 0 bridgehead atoms. The van der Waals surface area contributed by atoms with E-state index < -0.39 is 11.9 Å². The summed E-state index contributed by atoms with van der Waals surface area (Å²) < 4.78 is 0. The predicted molar refractivity (Wildman–Crippen MR) is 63.6 cm³/mol. The second-order valence-corrected chi connectivity index (χ2v) is 3.51. The van der Waals surface area contributed by atoms with Crippen LogP contribution in [-0.2, 0) is 4.79 Å². The topological polar surface area (TPSA) is 108 Å². The molecule has 6 nitrogen and oxygen atoms in total. The van der Waals surface area contributed by atoms with Gasteiger partial charge in [-0.05, 0) is 6.42 Å². The van der Waals surface area contributed by atoms with E-state index in [9.17, 15) is 9.59 Å². The summed E-state index contributed by atoms with van der Waals surface area (Å²) in [5.41, 5.74) is 4.70. The zero-order valence-corrected chi connectivity index (χ0v) is 9.95. The van der Waals surface area contributed by atoms with Crippen LogP contribution in [0.2, 0.25) is 0 Å². The monoisotopic (exact) mass is 238 g/mol. The maximum Gasteiger partial charge on any atom is 0.319 e. The molecular formula is C11H18N4O2. The summed E-state index contributed by atoms with van der Waals surface area (Å²) in [5.74, 6) is -0.773. The van der Waals surface area contributed by atoms with Crippen LogP contribution < -0.4 is 16.4 Å². The average Bonchev–Trinajstić information content (AvgIpc) is 2.27. The zero-order chi connectivity index (χ0) is 13.1. The molecule has 6 heteroatoms. The summed E-state index contributed by atoms with van der Waals surface area (Å²) in [6.45, 7) is 2.65. The van der Waals surface area contributed by atoms with Gasteiger partial charge in [0.05, 0.1) is 0 Å². The number of unbranched alkanes of at least 4 members (excludes halogenated alkanes) is 3. The maximum atomic E-state index is 11.3. The van der Waals surface area contributed by atoms with Crippen LogP contribution in [0.3, 0.4) is 0 Å². The fraction of sp³-hybridized carbons (Fsp3) is 0.545. The van der Waals surface area contributed by atoms with Crippen LogP contribution >= 0.6 is 0 Å². The van der Waals surface area contributed by atoms with Gasteiger partial charge in [-0.1, -0.05) is 26.2 Å². The minimum absolute atomic E-state index is 0.163. The fourth-order valence-electron chi connectivity index (χ4n) is 1.16. The lowest BCUT2D eigenvalue weighted by atomic mass is 10.2. The second kappa shape index (κ2) is 9.21. The van der Waals surface area contributed by atoms with E-state index in [1.54, 1.807) is 6.07 Å². The van der Waals surface area contributed by atoms with E-state index in [4.69, 9.17) is 11.0 Å². The van der Waals surface area contributed by atoms with Crippen LogP contribution in [0.1, 0.15) is 32.6 Å². The van der Waals surface area contributed by atoms with E-state index in [1.807, 2.05) is 0 Å². The van der Waals surface area contributed by atoms with Gasteiger partial charge in [-0.2, -0.15) is 5.26 Å². The SMILES string of the molecule is CCCCCCNC(=O)N/C(C#N)=C/C(N)=O. The van der Waals surface area contributed by atoms with Crippen LogP contribution in [-0.4, -0.2) is 18.5 Å². The molecule has 0 aliphatic heterocycles. The first-order chi connectivity index (χ1) is 8.10. The van der Waals surface area contributed by atoms with Crippen molar-refractivity contribution in [3.8, 4) is 6.07 Å². The summed E-state index contributed by atoms with van der Waals surface area (Å²) in [6.07, 6.45) is 5.08. The molecule has 0 atom stereocenters. The maximum absolute atomic E-state index is 11.3. The van der Waals surface area contributed by atoms with Gasteiger partial charge in [0.1, 0.15) is 11.8 Å². The molecule has 0 aromatic carbocycles. The van der Waals surface area contributed by atoms with Crippen molar-refractivity contribution in [2.24, 2.45) is 5.73 Å². The van der Waals surface area contributed by atoms with Crippen LogP contribution in [0, 0.1) is 11.3 Å². The van der Waals surface area contributed by atoms with E-state index in [0.717, 1.165) is 31.8 Å². The molecule has 0 spiro atoms. The number of amides is 3. The molecule has 0 radical (unpaired) electrons. The zero-order valence-electron chi connectivity index (χ0n) is 9.95. The number of nitrogens with two attached hydrogens (primary N) is 1. The molecule has 0 saturated carbocycles. The highest BCUT2D eigenvalue weighted by Crippen LogP contribution is 1.96. The molecule has 0 saturated heterocycles. The number of primary amides is 1. The number of carbonyl (C=O) groups excluding carboxylic acids is 2. The molecule has 0 heterocycles. The highest BCUT2D eigenvalue weighted by Gasteiger charge is 2.03. The van der Waals surface area contributed by atoms with Crippen molar-refractivity contribution in [1.82, 2.24) is 10.6 Å². The fourth-order valence-corrected chi connectivity index (χ4v) is 1.16. The van der Waals surface area contributed by atoms with Gasteiger partial charge in [0.15, 0.2) is 0 Å². The van der Waals surface area contributed by atoms with E-state index >= 15 is 0 Å². The molecule has 17 heavy (non-hydrogen) atoms. The van der Waals surface area contributed by atoms with Gasteiger partial charge < -0.3 is 11.1 Å². The van der Waals surface area contributed by atoms with Crippen molar-refractivity contribution in [2.75, 3.05) is 6.54 Å². The Morgan fingerprint density at radius 1 is 1.35 bits per heavy atom. The number of rotatable bonds is 7. The number of allylic oxidation sites excluding steroid dienone is 1. The number of hydrogen-bond acceptors (Lipinski definition) is 3. The largest absolute Gasteiger partial charge is 0.366 e. The van der Waals surface area contributed by atoms with Gasteiger partial charge in [0.2, 0.25) is 5.91 Å². The Morgan fingerprint density at radius 3 is 2.59 bits per heavy atom. The molecular weight excluding hydrogens is 220 g/mol. The minimum atomic E-state index is -0.773. The predicted octanol–water partition coefficient (Wildman–Crippen LogP) is 0.759. The summed E-state index contributed by atoms with van der Waals surface area (Å²) in [7, 11) is 0. The van der Waals surface area contributed by atoms with E-state index in [-0.39, 0.29) is 5.70 Å². The van der Waals surface area contributed by atoms with Crippen LogP contribution in [0.15, 0.2) is 11.8 Å². The molecule has 0 unspecified atom stereocenters. The van der Waals surface area contributed by atoms with Gasteiger partial charge in [-0.25, -0.2) is 4.79 Å². The van der Waals surface area contributed by atoms with Crippen LogP contribution in [0.25, 0.3) is 0 Å². The average molecular weight is 238 g/mol. The molecule has 0 aliphatic carbocycles. The summed E-state index contributed by atoms with van der Waals surface area (Å²) >= 11 is 0. The smallest absolute Gasteiger partial charge is 0.319 e. The number of urea groups is 1. The minimum Gasteiger partial charge on any atom is -0.366 e. The van der Waals surface area contributed by atoms with Crippen molar-refractivity contribution in [3.05, 3.63) is 11.8 Å². The van der Waals surface area contributed by atoms with Crippen LogP contribution in [0.5, 0.6) is 0 Å². The third kappa shape index (κ3) is 8.93. The number of nitriles is 1. The highest BCUT2D eigenvalue weighted by molar-refractivity contribution is 5.88. The highest BCUT2D eigenvalue weighted by atomic mass is 16.2. The van der Waals surface area contributed by atoms with Gasteiger partial charge >= 0.3 is 6.03 Å². The van der Waals surface area contributed by atoms with Crippen molar-refractivity contribution in [1.29, 1.82) is 5.26 Å². The number of carbonyl (C=O) groups is 2. The Balaban J connectivity index is 3.85. The Hall–Kier alpha value is -2.03. The van der Waals surface area contributed by atoms with E-state index in [1.165, 1.54) is 0 Å². The van der Waals surface area contributed by atoms with Gasteiger partial charge in [0.25, 0.3) is 0 Å². The third-order valence-corrected chi connectivity index (χ3v) is 1.97. The number of nitrogens with one attached hydrogen (secondary N) is 2. The standard InChI is InChI=1S/C11H18N4O2/c1-2-3-4-5-6-14-11(17)15-9(8-12)7-10(13)16/h7H,2-6H2,1H3,(H2,13,16)(H2,14,15,17)/b9-7+. The Kier molecular flexibility index (Phi) is 8.11. The lowest BCUT2D eigenvalue weighted by Gasteiger charge is -2.05. The lowest BCUT2D eigenvalue weighted by Crippen LogP contribution is -2.35. The quantitative estimate of drug-likeness (QED) is 0.346. The molecule has 4 N–H and O–H groups in total. The molecule has 0 aromatic rings. The number of nitrogens with zero attached hydrogens (tertiary/aromatic N) is 1. The van der Waals surface area contributed by atoms with Crippen molar-refractivity contribution in [2.45, 2.75) is 32.6 Å². The number of hydrogen-bond donors (Lipinski definition) is 3. The Labute approximate surface area is 101 Å². The molecule has 0 rings (SSSR count). The summed E-state index contributed by atoms with van der Waals surface area (Å²) in [4.78, 5) is 21.8. The summed E-state index contributed by atoms with van der Waals surface area (Å²) in [6, 6.07) is 1.16. The van der Waals surface area contributed by atoms with Gasteiger partial charge in [-0.3, -0.25) is 10.1 Å². The third-order valence-electron chi connectivity index (χ3n) is 1.97. The van der Waals surface area contributed by atoms with Crippen LogP contribution in [0.4, 0.5) is 4.79 Å². The van der Waals surface area contributed by atoms with Crippen molar-refractivity contribution >= 4 is 11.9 Å². The lowest BCUT2D eigenvalue weighted by molar-refractivity contribution is -0.113. The Bertz CT molecular complexity index is 331. The first-order valence-electron chi connectivity index (χ1n) is 5.56. The molecule has 0 aromatic heterocycles. The molecule has 94 valence electrons. The normalized spacial score (nSPS) is 10.5. The van der Waals surface area contributed by atoms with E-state index in [2.05, 4.69) is 17.6 Å². The van der Waals surface area contributed by atoms with Crippen molar-refractivity contribution < 1.29 is 9.59 Å². The van der Waals surface area contributed by atoms with E-state index in [0.29, 0.717) is 6.54 Å². The molecule has 0 fully saturated rings. The van der Waals surface area contributed by atoms with Gasteiger partial charge in [-0.15, -0.1) is 0 Å². The van der Waals surface area contributed by atoms with Gasteiger partial charge in [0, 0.05) is 12.6 Å². The molecule has 0 aliphatic rings.